The summed E-state index contributed by atoms with van der Waals surface area (Å²) in [7, 11) is -3.77. The van der Waals surface area contributed by atoms with Crippen LogP contribution in [-0.4, -0.2) is 43.3 Å². The molecule has 0 bridgehead atoms. The Balaban J connectivity index is 1.66. The summed E-state index contributed by atoms with van der Waals surface area (Å²) in [6, 6.07) is 10.1. The fourth-order valence-electron chi connectivity index (χ4n) is 3.44. The van der Waals surface area contributed by atoms with Crippen molar-refractivity contribution in [3.63, 3.8) is 0 Å². The minimum Gasteiger partial charge on any atom is -0.322 e. The summed E-state index contributed by atoms with van der Waals surface area (Å²) in [4.78, 5) is 24.9. The van der Waals surface area contributed by atoms with Crippen molar-refractivity contribution in [2.75, 3.05) is 13.1 Å². The van der Waals surface area contributed by atoms with E-state index in [1.165, 1.54) is 15.6 Å². The predicted molar refractivity (Wildman–Crippen MR) is 97.2 cm³/mol. The van der Waals surface area contributed by atoms with Gasteiger partial charge in [0.15, 0.2) is 0 Å². The molecule has 2 fully saturated rings. The summed E-state index contributed by atoms with van der Waals surface area (Å²) in [5, 5.41) is 6.75. The van der Waals surface area contributed by atoms with Gasteiger partial charge < -0.3 is 5.32 Å². The zero-order chi connectivity index (χ0) is 18.4. The third-order valence-corrected chi connectivity index (χ3v) is 7.51. The maximum absolute atomic E-state index is 13.1. The minimum atomic E-state index is -3.77. The van der Waals surface area contributed by atoms with Gasteiger partial charge in [-0.3, -0.25) is 10.1 Å². The second-order valence-corrected chi connectivity index (χ2v) is 9.32. The Morgan fingerprint density at radius 1 is 1.15 bits per heavy atom. The monoisotopic (exact) mass is 391 g/mol. The van der Waals surface area contributed by atoms with Gasteiger partial charge in [0.25, 0.3) is 5.91 Å². The zero-order valence-electron chi connectivity index (χ0n) is 13.8. The maximum Gasteiger partial charge on any atom is 0.322 e. The number of thiophene rings is 1. The summed E-state index contributed by atoms with van der Waals surface area (Å²) in [6.07, 6.45) is 0.920. The topological polar surface area (TPSA) is 95.6 Å². The highest BCUT2D eigenvalue weighted by atomic mass is 32.2. The van der Waals surface area contributed by atoms with Gasteiger partial charge in [0.1, 0.15) is 5.54 Å². The van der Waals surface area contributed by atoms with E-state index in [0.717, 1.165) is 10.4 Å². The molecule has 3 heterocycles. The first-order valence-corrected chi connectivity index (χ1v) is 10.5. The summed E-state index contributed by atoms with van der Waals surface area (Å²) in [6.45, 7) is 0.257. The molecule has 26 heavy (non-hydrogen) atoms. The van der Waals surface area contributed by atoms with E-state index >= 15 is 0 Å². The van der Waals surface area contributed by atoms with Crippen molar-refractivity contribution in [3.8, 4) is 10.4 Å². The smallest absolute Gasteiger partial charge is 0.322 e. The van der Waals surface area contributed by atoms with Gasteiger partial charge in [0.05, 0.1) is 4.90 Å². The summed E-state index contributed by atoms with van der Waals surface area (Å²) >= 11 is 1.54. The molecule has 9 heteroatoms. The number of amides is 3. The molecule has 3 amide bonds. The highest BCUT2D eigenvalue weighted by Gasteiger charge is 2.50. The van der Waals surface area contributed by atoms with E-state index in [2.05, 4.69) is 10.6 Å². The lowest BCUT2D eigenvalue weighted by molar-refractivity contribution is -0.125. The number of hydrogen-bond acceptors (Lipinski definition) is 5. The Bertz CT molecular complexity index is 972. The number of rotatable bonds is 3. The van der Waals surface area contributed by atoms with E-state index in [4.69, 9.17) is 0 Å². The highest BCUT2D eigenvalue weighted by molar-refractivity contribution is 7.89. The molecule has 0 saturated carbocycles. The van der Waals surface area contributed by atoms with Crippen molar-refractivity contribution in [2.24, 2.45) is 0 Å². The lowest BCUT2D eigenvalue weighted by atomic mass is 9.90. The first kappa shape index (κ1) is 17.2. The second-order valence-electron chi connectivity index (χ2n) is 6.44. The lowest BCUT2D eigenvalue weighted by Gasteiger charge is -2.37. The molecule has 1 aromatic carbocycles. The van der Waals surface area contributed by atoms with E-state index in [1.54, 1.807) is 18.2 Å². The van der Waals surface area contributed by atoms with Gasteiger partial charge in [-0.05, 0) is 42.0 Å². The van der Waals surface area contributed by atoms with Crippen molar-refractivity contribution in [1.29, 1.82) is 0 Å². The van der Waals surface area contributed by atoms with Gasteiger partial charge in [-0.25, -0.2) is 13.2 Å². The molecule has 2 aliphatic heterocycles. The van der Waals surface area contributed by atoms with Crippen LogP contribution in [0.4, 0.5) is 4.79 Å². The second kappa shape index (κ2) is 6.19. The SMILES string of the molecule is O=C1NC(=O)C2(CCCN(S(=O)(=O)c3cccc(-c4cccs4)c3)C2)N1. The van der Waals surface area contributed by atoms with Gasteiger partial charge >= 0.3 is 6.03 Å². The van der Waals surface area contributed by atoms with E-state index < -0.39 is 27.5 Å². The third-order valence-electron chi connectivity index (χ3n) is 4.75. The number of piperidine rings is 1. The Morgan fingerprint density at radius 3 is 2.69 bits per heavy atom. The summed E-state index contributed by atoms with van der Waals surface area (Å²) in [5.41, 5.74) is -0.340. The zero-order valence-corrected chi connectivity index (χ0v) is 15.4. The largest absolute Gasteiger partial charge is 0.322 e. The molecular weight excluding hydrogens is 374 g/mol. The number of nitrogens with zero attached hydrogens (tertiary/aromatic N) is 1. The first-order chi connectivity index (χ1) is 12.4. The van der Waals surface area contributed by atoms with Gasteiger partial charge in [-0.15, -0.1) is 11.3 Å². The summed E-state index contributed by atoms with van der Waals surface area (Å²) in [5.74, 6) is -0.463. The number of carbonyl (C=O) groups is 2. The number of carbonyl (C=O) groups excluding carboxylic acids is 2. The number of benzene rings is 1. The molecule has 2 N–H and O–H groups in total. The van der Waals surface area contributed by atoms with E-state index in [1.807, 2.05) is 23.6 Å². The fourth-order valence-corrected chi connectivity index (χ4v) is 5.75. The molecule has 2 aliphatic rings. The molecule has 0 radical (unpaired) electrons. The van der Waals surface area contributed by atoms with Crippen LogP contribution in [-0.2, 0) is 14.8 Å². The van der Waals surface area contributed by atoms with Gasteiger partial charge in [0.2, 0.25) is 10.0 Å². The van der Waals surface area contributed by atoms with Crippen molar-refractivity contribution < 1.29 is 18.0 Å². The molecule has 1 aromatic heterocycles. The average Bonchev–Trinajstić information content (AvgIpc) is 3.24. The van der Waals surface area contributed by atoms with Crippen molar-refractivity contribution in [1.82, 2.24) is 14.9 Å². The molecule has 7 nitrogen and oxygen atoms in total. The summed E-state index contributed by atoms with van der Waals surface area (Å²) < 4.78 is 27.5. The standard InChI is InChI=1S/C17H17N3O4S2/c21-15-17(19-16(22)18-15)7-3-8-20(11-17)26(23,24)13-5-1-4-12(10-13)14-6-2-9-25-14/h1-2,4-6,9-10H,3,7-8,11H2,(H2,18,19,21,22). The highest BCUT2D eigenvalue weighted by Crippen LogP contribution is 2.31. The number of nitrogens with one attached hydrogen (secondary N) is 2. The molecule has 2 saturated heterocycles. The molecule has 0 aliphatic carbocycles. The van der Waals surface area contributed by atoms with Crippen LogP contribution in [0.15, 0.2) is 46.7 Å². The van der Waals surface area contributed by atoms with Crippen LogP contribution >= 0.6 is 11.3 Å². The molecule has 1 atom stereocenters. The molecule has 1 spiro atoms. The van der Waals surface area contributed by atoms with E-state index in [-0.39, 0.29) is 11.4 Å². The number of urea groups is 1. The van der Waals surface area contributed by atoms with E-state index in [9.17, 15) is 18.0 Å². The Morgan fingerprint density at radius 2 is 2.00 bits per heavy atom. The van der Waals surface area contributed by atoms with Crippen LogP contribution in [0.2, 0.25) is 0 Å². The van der Waals surface area contributed by atoms with Gasteiger partial charge in [-0.2, -0.15) is 4.31 Å². The van der Waals surface area contributed by atoms with Crippen molar-refractivity contribution in [2.45, 2.75) is 23.3 Å². The fraction of sp³-hybridized carbons (Fsp3) is 0.294. The third kappa shape index (κ3) is 2.81. The number of sulfonamides is 1. The predicted octanol–water partition coefficient (Wildman–Crippen LogP) is 1.78. The number of hydrogen-bond donors (Lipinski definition) is 2. The van der Waals surface area contributed by atoms with Crippen LogP contribution in [0.3, 0.4) is 0 Å². The van der Waals surface area contributed by atoms with Crippen molar-refractivity contribution in [3.05, 3.63) is 41.8 Å². The van der Waals surface area contributed by atoms with Crippen LogP contribution < -0.4 is 10.6 Å². The first-order valence-electron chi connectivity index (χ1n) is 8.18. The minimum absolute atomic E-state index is 0.0594. The Labute approximate surface area is 155 Å². The van der Waals surface area contributed by atoms with E-state index in [0.29, 0.717) is 19.4 Å². The van der Waals surface area contributed by atoms with Crippen LogP contribution in [0, 0.1) is 0 Å². The molecule has 4 rings (SSSR count). The van der Waals surface area contributed by atoms with Gasteiger partial charge in [0, 0.05) is 18.0 Å². The Hall–Kier alpha value is -2.23. The number of imide groups is 1. The van der Waals surface area contributed by atoms with Crippen LogP contribution in [0.25, 0.3) is 10.4 Å². The molecule has 2 aromatic rings. The lowest BCUT2D eigenvalue weighted by Crippen LogP contribution is -2.59. The molecular formula is C17H17N3O4S2. The Kier molecular flexibility index (Phi) is 4.09. The van der Waals surface area contributed by atoms with Crippen LogP contribution in [0.5, 0.6) is 0 Å². The van der Waals surface area contributed by atoms with Crippen molar-refractivity contribution >= 4 is 33.3 Å². The molecule has 1 unspecified atom stereocenters. The molecule has 136 valence electrons. The quantitative estimate of drug-likeness (QED) is 0.780. The normalized spacial score (nSPS) is 23.8. The van der Waals surface area contributed by atoms with Crippen LogP contribution in [0.1, 0.15) is 12.8 Å². The van der Waals surface area contributed by atoms with Gasteiger partial charge in [-0.1, -0.05) is 18.2 Å². The average molecular weight is 391 g/mol. The maximum atomic E-state index is 13.1.